The fourth-order valence-corrected chi connectivity index (χ4v) is 4.72. The van der Waals surface area contributed by atoms with Crippen molar-refractivity contribution in [2.45, 2.75) is 36.9 Å². The molecular weight excluding hydrogens is 388 g/mol. The van der Waals surface area contributed by atoms with Crippen molar-refractivity contribution in [3.05, 3.63) is 28.7 Å². The number of nitrogens with zero attached hydrogens (tertiary/aromatic N) is 2. The van der Waals surface area contributed by atoms with Crippen LogP contribution in [0.5, 0.6) is 0 Å². The van der Waals surface area contributed by atoms with Gasteiger partial charge in [0.1, 0.15) is 0 Å². The Morgan fingerprint density at radius 2 is 2.12 bits per heavy atom. The second-order valence-electron chi connectivity index (χ2n) is 6.61. The van der Waals surface area contributed by atoms with Crippen molar-refractivity contribution in [2.75, 3.05) is 5.75 Å². The highest BCUT2D eigenvalue weighted by molar-refractivity contribution is 9.10. The fraction of sp³-hybridized carbons (Fsp3) is 0.471. The number of fused-ring (bicyclic) bond motifs is 2. The van der Waals surface area contributed by atoms with Crippen LogP contribution < -0.4 is 5.32 Å². The molecule has 5 nitrogen and oxygen atoms in total. The fourth-order valence-electron chi connectivity index (χ4n) is 3.85. The smallest absolute Gasteiger partial charge is 0.230 e. The third-order valence-corrected chi connectivity index (χ3v) is 6.38. The van der Waals surface area contributed by atoms with Gasteiger partial charge in [-0.25, -0.2) is 4.98 Å². The van der Waals surface area contributed by atoms with Gasteiger partial charge in [0.2, 0.25) is 11.1 Å². The van der Waals surface area contributed by atoms with Crippen LogP contribution in [0, 0.1) is 11.8 Å². The molecule has 0 unspecified atom stereocenters. The summed E-state index contributed by atoms with van der Waals surface area (Å²) < 4.78 is 1.03. The van der Waals surface area contributed by atoms with E-state index in [9.17, 15) is 4.79 Å². The molecule has 24 heavy (non-hydrogen) atoms. The molecule has 4 rings (SSSR count). The summed E-state index contributed by atoms with van der Waals surface area (Å²) in [5.41, 5.74) is 0.976. The Bertz CT molecular complexity index is 732. The maximum atomic E-state index is 12.2. The molecule has 2 fully saturated rings. The maximum Gasteiger partial charge on any atom is 0.230 e. The Balaban J connectivity index is 1.30. The van der Waals surface area contributed by atoms with Crippen LogP contribution in [0.3, 0.4) is 0 Å². The molecule has 1 heterocycles. The molecule has 0 spiro atoms. The molecule has 0 aliphatic heterocycles. The third-order valence-electron chi connectivity index (χ3n) is 5.00. The molecule has 2 aliphatic rings. The number of benzene rings is 1. The lowest BCUT2D eigenvalue weighted by atomic mass is 9.95. The molecule has 3 atom stereocenters. The monoisotopic (exact) mass is 406 g/mol. The molecule has 2 aliphatic carbocycles. The topological polar surface area (TPSA) is 70.7 Å². The number of carbonyl (C=O) groups is 1. The van der Waals surface area contributed by atoms with Crippen LogP contribution in [0.25, 0.3) is 11.4 Å². The minimum absolute atomic E-state index is 0.0903. The zero-order valence-electron chi connectivity index (χ0n) is 13.2. The third kappa shape index (κ3) is 3.52. The van der Waals surface area contributed by atoms with E-state index in [1.54, 1.807) is 0 Å². The molecule has 2 saturated carbocycles. The molecule has 1 aromatic heterocycles. The summed E-state index contributed by atoms with van der Waals surface area (Å²) in [4.78, 5) is 16.6. The minimum atomic E-state index is 0.0903. The number of rotatable bonds is 5. The van der Waals surface area contributed by atoms with Gasteiger partial charge in [-0.05, 0) is 43.2 Å². The normalized spacial score (nSPS) is 25.1. The van der Waals surface area contributed by atoms with E-state index >= 15 is 0 Å². The number of hydrogen-bond donors (Lipinski definition) is 2. The largest absolute Gasteiger partial charge is 0.352 e. The predicted molar refractivity (Wildman–Crippen MR) is 97.6 cm³/mol. The molecule has 2 N–H and O–H groups in total. The first-order valence-corrected chi connectivity index (χ1v) is 10.1. The van der Waals surface area contributed by atoms with Gasteiger partial charge in [-0.15, -0.1) is 5.10 Å². The Labute approximate surface area is 153 Å². The Morgan fingerprint density at radius 1 is 1.29 bits per heavy atom. The number of aromatic amines is 1. The number of nitrogens with one attached hydrogen (secondary N) is 2. The number of hydrogen-bond acceptors (Lipinski definition) is 4. The van der Waals surface area contributed by atoms with Gasteiger partial charge in [-0.3, -0.25) is 9.89 Å². The first-order chi connectivity index (χ1) is 11.7. The van der Waals surface area contributed by atoms with Crippen molar-refractivity contribution in [1.82, 2.24) is 20.5 Å². The molecule has 1 amide bonds. The lowest BCUT2D eigenvalue weighted by molar-refractivity contribution is -0.119. The van der Waals surface area contributed by atoms with Gasteiger partial charge in [-0.1, -0.05) is 46.2 Å². The van der Waals surface area contributed by atoms with Crippen molar-refractivity contribution in [3.8, 4) is 11.4 Å². The minimum Gasteiger partial charge on any atom is -0.352 e. The van der Waals surface area contributed by atoms with E-state index < -0.39 is 0 Å². The highest BCUT2D eigenvalue weighted by Gasteiger charge is 2.39. The summed E-state index contributed by atoms with van der Waals surface area (Å²) in [6.45, 7) is 0. The van der Waals surface area contributed by atoms with Gasteiger partial charge < -0.3 is 5.32 Å². The first-order valence-electron chi connectivity index (χ1n) is 8.28. The van der Waals surface area contributed by atoms with Crippen molar-refractivity contribution in [2.24, 2.45) is 11.8 Å². The number of amides is 1. The van der Waals surface area contributed by atoms with Crippen LogP contribution in [0.2, 0.25) is 0 Å². The summed E-state index contributed by atoms with van der Waals surface area (Å²) in [5, 5.41) is 10.9. The van der Waals surface area contributed by atoms with E-state index in [1.165, 1.54) is 31.0 Å². The Morgan fingerprint density at radius 3 is 2.83 bits per heavy atom. The second kappa shape index (κ2) is 6.88. The second-order valence-corrected chi connectivity index (χ2v) is 8.47. The van der Waals surface area contributed by atoms with Crippen LogP contribution in [0.1, 0.15) is 25.7 Å². The van der Waals surface area contributed by atoms with Crippen LogP contribution in [-0.4, -0.2) is 32.9 Å². The summed E-state index contributed by atoms with van der Waals surface area (Å²) in [5.74, 6) is 2.72. The molecular formula is C17H19BrN4OS. The van der Waals surface area contributed by atoms with Crippen molar-refractivity contribution in [1.29, 1.82) is 0 Å². The quantitative estimate of drug-likeness (QED) is 0.743. The van der Waals surface area contributed by atoms with E-state index in [0.717, 1.165) is 28.2 Å². The first kappa shape index (κ1) is 16.1. The van der Waals surface area contributed by atoms with E-state index in [0.29, 0.717) is 22.9 Å². The number of H-pyrrole nitrogens is 1. The average Bonchev–Trinajstić information content (AvgIpc) is 3.30. The highest BCUT2D eigenvalue weighted by Crippen LogP contribution is 2.44. The molecule has 0 radical (unpaired) electrons. The van der Waals surface area contributed by atoms with E-state index in [4.69, 9.17) is 0 Å². The van der Waals surface area contributed by atoms with Crippen LogP contribution in [0.15, 0.2) is 33.9 Å². The van der Waals surface area contributed by atoms with Crippen molar-refractivity contribution < 1.29 is 4.79 Å². The van der Waals surface area contributed by atoms with Crippen LogP contribution in [0.4, 0.5) is 0 Å². The summed E-state index contributed by atoms with van der Waals surface area (Å²) in [6, 6.07) is 8.27. The van der Waals surface area contributed by atoms with Gasteiger partial charge in [0.05, 0.1) is 5.75 Å². The zero-order valence-corrected chi connectivity index (χ0v) is 15.6. The van der Waals surface area contributed by atoms with Gasteiger partial charge in [0.15, 0.2) is 5.82 Å². The standard InChI is InChI=1S/C17H19BrN4OS/c18-13-5-3-11(4-6-13)16-20-17(22-21-16)24-9-15(23)19-14-8-10-1-2-12(14)7-10/h3-6,10,12,14H,1-2,7-9H2,(H,19,23)(H,20,21,22)/t10-,12+,14+/m0/s1. The number of halogens is 1. The van der Waals surface area contributed by atoms with Gasteiger partial charge in [0.25, 0.3) is 0 Å². The Hall–Kier alpha value is -1.34. The molecule has 2 aromatic rings. The summed E-state index contributed by atoms with van der Waals surface area (Å²) >= 11 is 4.79. The average molecular weight is 407 g/mol. The van der Waals surface area contributed by atoms with Gasteiger partial charge in [0, 0.05) is 16.1 Å². The molecule has 7 heteroatoms. The molecule has 126 valence electrons. The maximum absolute atomic E-state index is 12.2. The van der Waals surface area contributed by atoms with E-state index in [1.807, 2.05) is 24.3 Å². The predicted octanol–water partition coefficient (Wildman–Crippen LogP) is 3.63. The van der Waals surface area contributed by atoms with Crippen LogP contribution >= 0.6 is 27.7 Å². The summed E-state index contributed by atoms with van der Waals surface area (Å²) in [7, 11) is 0. The highest BCUT2D eigenvalue weighted by atomic mass is 79.9. The summed E-state index contributed by atoms with van der Waals surface area (Å²) in [6.07, 6.45) is 5.09. The number of carbonyl (C=O) groups excluding carboxylic acids is 1. The molecule has 1 aromatic carbocycles. The van der Waals surface area contributed by atoms with E-state index in [2.05, 4.69) is 36.4 Å². The zero-order chi connectivity index (χ0) is 16.5. The van der Waals surface area contributed by atoms with Gasteiger partial charge in [-0.2, -0.15) is 0 Å². The SMILES string of the molecule is O=C(CSc1n[nH]c(-c2ccc(Br)cc2)n1)N[C@@H]1C[C@H]2CC[C@@H]1C2. The van der Waals surface area contributed by atoms with E-state index in [-0.39, 0.29) is 5.91 Å². The molecule has 2 bridgehead atoms. The number of thioether (sulfide) groups is 1. The number of aromatic nitrogens is 3. The molecule has 0 saturated heterocycles. The van der Waals surface area contributed by atoms with Crippen molar-refractivity contribution >= 4 is 33.6 Å². The van der Waals surface area contributed by atoms with Gasteiger partial charge >= 0.3 is 0 Å². The van der Waals surface area contributed by atoms with Crippen LogP contribution in [-0.2, 0) is 4.79 Å². The lowest BCUT2D eigenvalue weighted by Crippen LogP contribution is -2.39. The lowest BCUT2D eigenvalue weighted by Gasteiger charge is -2.22. The Kier molecular flexibility index (Phi) is 4.63. The van der Waals surface area contributed by atoms with Crippen molar-refractivity contribution in [3.63, 3.8) is 0 Å².